The Labute approximate surface area is 113 Å². The van der Waals surface area contributed by atoms with Crippen LogP contribution in [0, 0.1) is 0 Å². The van der Waals surface area contributed by atoms with Crippen LogP contribution in [-0.2, 0) is 16.8 Å². The second-order valence-corrected chi connectivity index (χ2v) is 6.27. The summed E-state index contributed by atoms with van der Waals surface area (Å²) in [6.45, 7) is 4.24. The third-order valence-electron chi connectivity index (χ3n) is 4.42. The van der Waals surface area contributed by atoms with Gasteiger partial charge < -0.3 is 4.74 Å². The molecule has 0 atom stereocenters. The second kappa shape index (κ2) is 4.21. The summed E-state index contributed by atoms with van der Waals surface area (Å²) in [5.74, 6) is 0.976. The topological polar surface area (TPSA) is 38.7 Å². The van der Waals surface area contributed by atoms with E-state index in [0.29, 0.717) is 0 Å². The van der Waals surface area contributed by atoms with Gasteiger partial charge in [-0.1, -0.05) is 6.07 Å². The van der Waals surface area contributed by atoms with Crippen molar-refractivity contribution in [3.63, 3.8) is 0 Å². The molecule has 0 spiro atoms. The Morgan fingerprint density at radius 1 is 1.26 bits per heavy atom. The van der Waals surface area contributed by atoms with Gasteiger partial charge in [-0.05, 0) is 69.2 Å². The molecular formula is C16H19NO2. The molecule has 19 heavy (non-hydrogen) atoms. The van der Waals surface area contributed by atoms with Crippen molar-refractivity contribution in [3.05, 3.63) is 29.3 Å². The average Bonchev–Trinajstić information content (AvgIpc) is 2.32. The smallest absolute Gasteiger partial charge is 0.235 e. The van der Waals surface area contributed by atoms with Crippen molar-refractivity contribution in [2.45, 2.75) is 57.1 Å². The summed E-state index contributed by atoms with van der Waals surface area (Å²) in [6.07, 6.45) is 6.83. The highest BCUT2D eigenvalue weighted by Crippen LogP contribution is 2.46. The maximum absolute atomic E-state index is 10.6. The number of fused-ring (bicyclic) bond motifs is 1. The van der Waals surface area contributed by atoms with Crippen LogP contribution >= 0.6 is 0 Å². The van der Waals surface area contributed by atoms with Crippen LogP contribution in [0.15, 0.2) is 23.2 Å². The number of rotatable bonds is 2. The molecule has 1 aromatic rings. The lowest BCUT2D eigenvalue weighted by atomic mass is 9.72. The molecule has 3 rings (SSSR count). The first-order valence-corrected chi connectivity index (χ1v) is 6.96. The first-order chi connectivity index (χ1) is 9.05. The number of carbonyl (C=O) groups excluding carboxylic acids is 1. The monoisotopic (exact) mass is 257 g/mol. The maximum Gasteiger partial charge on any atom is 0.235 e. The van der Waals surface area contributed by atoms with Crippen LogP contribution in [0.2, 0.25) is 0 Å². The Bertz CT molecular complexity index is 552. The van der Waals surface area contributed by atoms with Crippen LogP contribution in [-0.4, -0.2) is 11.7 Å². The fraction of sp³-hybridized carbons (Fsp3) is 0.562. The normalized spacial score (nSPS) is 22.4. The molecule has 1 fully saturated rings. The van der Waals surface area contributed by atoms with Crippen LogP contribution in [0.5, 0.6) is 5.75 Å². The van der Waals surface area contributed by atoms with Crippen molar-refractivity contribution in [3.8, 4) is 5.75 Å². The van der Waals surface area contributed by atoms with Crippen molar-refractivity contribution in [1.82, 2.24) is 0 Å². The van der Waals surface area contributed by atoms with E-state index < -0.39 is 0 Å². The van der Waals surface area contributed by atoms with E-state index in [4.69, 9.17) is 4.74 Å². The Balaban J connectivity index is 1.96. The van der Waals surface area contributed by atoms with Crippen molar-refractivity contribution in [2.24, 2.45) is 4.99 Å². The minimum Gasteiger partial charge on any atom is -0.488 e. The third-order valence-corrected chi connectivity index (χ3v) is 4.42. The first kappa shape index (κ1) is 12.4. The van der Waals surface area contributed by atoms with E-state index in [1.54, 1.807) is 6.08 Å². The zero-order valence-corrected chi connectivity index (χ0v) is 11.5. The Morgan fingerprint density at radius 2 is 2.05 bits per heavy atom. The lowest BCUT2D eigenvalue weighted by Crippen LogP contribution is -2.34. The predicted octanol–water partition coefficient (Wildman–Crippen LogP) is 3.51. The van der Waals surface area contributed by atoms with Crippen molar-refractivity contribution in [1.29, 1.82) is 0 Å². The van der Waals surface area contributed by atoms with Crippen molar-refractivity contribution >= 4 is 6.08 Å². The molecule has 100 valence electrons. The van der Waals surface area contributed by atoms with Crippen molar-refractivity contribution < 1.29 is 9.53 Å². The van der Waals surface area contributed by atoms with E-state index in [0.717, 1.165) is 43.4 Å². The molecule has 1 aliphatic heterocycles. The van der Waals surface area contributed by atoms with E-state index in [1.165, 1.54) is 5.56 Å². The summed E-state index contributed by atoms with van der Waals surface area (Å²) in [4.78, 5) is 14.7. The Kier molecular flexibility index (Phi) is 2.75. The molecule has 1 saturated carbocycles. The second-order valence-electron chi connectivity index (χ2n) is 6.27. The molecule has 0 N–H and O–H groups in total. The molecule has 0 bridgehead atoms. The first-order valence-electron chi connectivity index (χ1n) is 6.96. The molecule has 3 heteroatoms. The van der Waals surface area contributed by atoms with Gasteiger partial charge in [0.2, 0.25) is 6.08 Å². The van der Waals surface area contributed by atoms with Gasteiger partial charge in [-0.2, -0.15) is 4.99 Å². The van der Waals surface area contributed by atoms with E-state index in [1.807, 2.05) is 6.07 Å². The number of hydrogen-bond donors (Lipinski definition) is 0. The number of benzene rings is 1. The molecule has 0 amide bonds. The van der Waals surface area contributed by atoms with Gasteiger partial charge >= 0.3 is 0 Å². The van der Waals surface area contributed by atoms with E-state index in [2.05, 4.69) is 31.0 Å². The van der Waals surface area contributed by atoms with Gasteiger partial charge in [-0.3, -0.25) is 0 Å². The van der Waals surface area contributed by atoms with Gasteiger partial charge in [0.25, 0.3) is 0 Å². The standard InChI is InChI=1S/C16H19NO2/c1-15(2)9-6-12-10-13(4-5-14(12)19-15)16(17-11-18)7-3-8-16/h4-5,10H,3,6-9H2,1-2H3. The summed E-state index contributed by atoms with van der Waals surface area (Å²) in [7, 11) is 0. The fourth-order valence-corrected chi connectivity index (χ4v) is 3.01. The molecule has 2 aliphatic rings. The zero-order chi connectivity index (χ0) is 13.5. The molecule has 0 unspecified atom stereocenters. The molecule has 0 saturated heterocycles. The lowest BCUT2D eigenvalue weighted by molar-refractivity contribution is 0.0845. The quantitative estimate of drug-likeness (QED) is 0.600. The minimum atomic E-state index is -0.302. The summed E-state index contributed by atoms with van der Waals surface area (Å²) in [5.41, 5.74) is 2.00. The fourth-order valence-electron chi connectivity index (χ4n) is 3.01. The number of hydrogen-bond acceptors (Lipinski definition) is 3. The number of isocyanates is 1. The Hall–Kier alpha value is -1.60. The molecule has 1 aromatic carbocycles. The maximum atomic E-state index is 10.6. The predicted molar refractivity (Wildman–Crippen MR) is 73.1 cm³/mol. The molecule has 3 nitrogen and oxygen atoms in total. The van der Waals surface area contributed by atoms with E-state index in [-0.39, 0.29) is 11.1 Å². The van der Waals surface area contributed by atoms with Gasteiger partial charge in [-0.15, -0.1) is 0 Å². The molecular weight excluding hydrogens is 238 g/mol. The number of nitrogens with zero attached hydrogens (tertiary/aromatic N) is 1. The Morgan fingerprint density at radius 3 is 2.68 bits per heavy atom. The number of aliphatic imine (C=N–C) groups is 1. The van der Waals surface area contributed by atoms with Crippen LogP contribution in [0.3, 0.4) is 0 Å². The van der Waals surface area contributed by atoms with Gasteiger partial charge in [0.15, 0.2) is 0 Å². The van der Waals surface area contributed by atoms with Gasteiger partial charge in [-0.25, -0.2) is 4.79 Å². The minimum absolute atomic E-state index is 0.0797. The summed E-state index contributed by atoms with van der Waals surface area (Å²) >= 11 is 0. The van der Waals surface area contributed by atoms with Crippen LogP contribution < -0.4 is 4.74 Å². The van der Waals surface area contributed by atoms with Crippen molar-refractivity contribution in [2.75, 3.05) is 0 Å². The highest BCUT2D eigenvalue weighted by Gasteiger charge is 2.39. The van der Waals surface area contributed by atoms with Crippen LogP contribution in [0.25, 0.3) is 0 Å². The van der Waals surface area contributed by atoms with Crippen LogP contribution in [0.4, 0.5) is 0 Å². The highest BCUT2D eigenvalue weighted by atomic mass is 16.5. The lowest BCUT2D eigenvalue weighted by Gasteiger charge is -2.38. The number of ether oxygens (including phenoxy) is 1. The van der Waals surface area contributed by atoms with Gasteiger partial charge in [0, 0.05) is 0 Å². The van der Waals surface area contributed by atoms with Crippen LogP contribution in [0.1, 0.15) is 50.7 Å². The van der Waals surface area contributed by atoms with E-state index >= 15 is 0 Å². The molecule has 0 radical (unpaired) electrons. The summed E-state index contributed by atoms with van der Waals surface area (Å²) in [5, 5.41) is 0. The molecule has 1 heterocycles. The van der Waals surface area contributed by atoms with Gasteiger partial charge in [0.1, 0.15) is 11.4 Å². The van der Waals surface area contributed by atoms with E-state index in [9.17, 15) is 4.79 Å². The largest absolute Gasteiger partial charge is 0.488 e. The summed E-state index contributed by atoms with van der Waals surface area (Å²) < 4.78 is 5.99. The third kappa shape index (κ3) is 2.08. The number of aryl methyl sites for hydroxylation is 1. The summed E-state index contributed by atoms with van der Waals surface area (Å²) in [6, 6.07) is 6.26. The highest BCUT2D eigenvalue weighted by molar-refractivity contribution is 5.45. The SMILES string of the molecule is CC1(C)CCc2cc(C3(N=C=O)CCC3)ccc2O1. The average molecular weight is 257 g/mol. The molecule has 0 aromatic heterocycles. The molecule has 1 aliphatic carbocycles. The van der Waals surface area contributed by atoms with Gasteiger partial charge in [0.05, 0.1) is 5.54 Å². The zero-order valence-electron chi connectivity index (χ0n) is 11.5.